The lowest BCUT2D eigenvalue weighted by molar-refractivity contribution is -0.141. The quantitative estimate of drug-likeness (QED) is 0.398. The number of anilines is 1. The summed E-state index contributed by atoms with van der Waals surface area (Å²) in [5, 5.41) is 3.49. The van der Waals surface area contributed by atoms with Crippen LogP contribution in [-0.4, -0.2) is 50.5 Å². The number of carbonyl (C=O) groups excluding carboxylic acids is 2. The van der Waals surface area contributed by atoms with Crippen molar-refractivity contribution in [3.8, 4) is 0 Å². The molecular weight excluding hydrogens is 498 g/mol. The standard InChI is InChI=1S/C27H38ClN3O4S/c1-6-16-29-27(33)25(7-2)30(19-22-11-13-23(28)14-12-22)26(32)9-8-17-31(36(5,34)35)24-15-10-20(3)21(4)18-24/h10-15,18,25H,6-9,16-17,19H2,1-5H3,(H,29,33)/t25-/m0/s1. The predicted molar refractivity (Wildman–Crippen MR) is 147 cm³/mol. The molecule has 0 bridgehead atoms. The van der Waals surface area contributed by atoms with Gasteiger partial charge in [-0.1, -0.05) is 43.6 Å². The molecule has 9 heteroatoms. The molecule has 1 N–H and O–H groups in total. The first kappa shape index (κ1) is 29.6. The smallest absolute Gasteiger partial charge is 0.242 e. The van der Waals surface area contributed by atoms with Gasteiger partial charge >= 0.3 is 0 Å². The van der Waals surface area contributed by atoms with Gasteiger partial charge in [-0.2, -0.15) is 0 Å². The largest absolute Gasteiger partial charge is 0.354 e. The van der Waals surface area contributed by atoms with Gasteiger partial charge in [0.15, 0.2) is 0 Å². The van der Waals surface area contributed by atoms with Gasteiger partial charge in [0, 0.05) is 31.1 Å². The maximum atomic E-state index is 13.4. The molecule has 2 aromatic rings. The second kappa shape index (κ2) is 13.7. The number of aryl methyl sites for hydroxylation is 2. The van der Waals surface area contributed by atoms with Crippen molar-refractivity contribution in [1.82, 2.24) is 10.2 Å². The Morgan fingerprint density at radius 1 is 1.03 bits per heavy atom. The number of benzene rings is 2. The number of sulfonamides is 1. The molecule has 7 nitrogen and oxygen atoms in total. The molecule has 2 rings (SSSR count). The van der Waals surface area contributed by atoms with Crippen molar-refractivity contribution in [3.05, 3.63) is 64.2 Å². The molecular formula is C27H38ClN3O4S. The summed E-state index contributed by atoms with van der Waals surface area (Å²) in [6, 6.07) is 12.1. The zero-order valence-electron chi connectivity index (χ0n) is 21.9. The Hall–Kier alpha value is -2.58. The van der Waals surface area contributed by atoms with Crippen molar-refractivity contribution < 1.29 is 18.0 Å². The van der Waals surface area contributed by atoms with Crippen LogP contribution in [-0.2, 0) is 26.2 Å². The zero-order valence-corrected chi connectivity index (χ0v) is 23.5. The molecule has 2 aromatic carbocycles. The first-order chi connectivity index (χ1) is 17.0. The zero-order chi connectivity index (χ0) is 26.9. The second-order valence-electron chi connectivity index (χ2n) is 9.07. The van der Waals surface area contributed by atoms with Crippen LogP contribution >= 0.6 is 11.6 Å². The van der Waals surface area contributed by atoms with Crippen LogP contribution < -0.4 is 9.62 Å². The number of nitrogens with zero attached hydrogens (tertiary/aromatic N) is 2. The first-order valence-corrected chi connectivity index (χ1v) is 14.6. The average molecular weight is 536 g/mol. The summed E-state index contributed by atoms with van der Waals surface area (Å²) in [5.74, 6) is -0.383. The Bertz CT molecular complexity index is 1140. The van der Waals surface area contributed by atoms with Gasteiger partial charge in [0.05, 0.1) is 11.9 Å². The van der Waals surface area contributed by atoms with Gasteiger partial charge in [-0.05, 0) is 74.1 Å². The fourth-order valence-corrected chi connectivity index (χ4v) is 5.04. The van der Waals surface area contributed by atoms with E-state index in [0.29, 0.717) is 30.1 Å². The highest BCUT2D eigenvalue weighted by Crippen LogP contribution is 2.22. The van der Waals surface area contributed by atoms with Crippen molar-refractivity contribution in [1.29, 1.82) is 0 Å². The van der Waals surface area contributed by atoms with Crippen LogP contribution in [0.1, 0.15) is 56.2 Å². The highest BCUT2D eigenvalue weighted by atomic mass is 35.5. The summed E-state index contributed by atoms with van der Waals surface area (Å²) in [4.78, 5) is 27.9. The first-order valence-electron chi connectivity index (χ1n) is 12.3. The molecule has 198 valence electrons. The number of carbonyl (C=O) groups is 2. The second-order valence-corrected chi connectivity index (χ2v) is 11.4. The monoisotopic (exact) mass is 535 g/mol. The van der Waals surface area contributed by atoms with Crippen molar-refractivity contribution in [2.24, 2.45) is 0 Å². The van der Waals surface area contributed by atoms with Gasteiger partial charge < -0.3 is 10.2 Å². The van der Waals surface area contributed by atoms with Gasteiger partial charge in [-0.15, -0.1) is 0 Å². The maximum Gasteiger partial charge on any atom is 0.242 e. The average Bonchev–Trinajstić information content (AvgIpc) is 2.82. The van der Waals surface area contributed by atoms with E-state index < -0.39 is 16.1 Å². The summed E-state index contributed by atoms with van der Waals surface area (Å²) in [5.41, 5.74) is 3.52. The number of amides is 2. The van der Waals surface area contributed by atoms with E-state index in [4.69, 9.17) is 11.6 Å². The topological polar surface area (TPSA) is 86.8 Å². The van der Waals surface area contributed by atoms with Crippen LogP contribution in [0, 0.1) is 13.8 Å². The minimum absolute atomic E-state index is 0.113. The summed E-state index contributed by atoms with van der Waals surface area (Å²) >= 11 is 6.01. The number of hydrogen-bond acceptors (Lipinski definition) is 4. The molecule has 0 aliphatic carbocycles. The number of nitrogens with one attached hydrogen (secondary N) is 1. The Morgan fingerprint density at radius 3 is 2.25 bits per heavy atom. The lowest BCUT2D eigenvalue weighted by Gasteiger charge is -2.31. The molecule has 0 spiro atoms. The van der Waals surface area contributed by atoms with Crippen molar-refractivity contribution in [2.45, 2.75) is 66.0 Å². The third kappa shape index (κ3) is 8.52. The van der Waals surface area contributed by atoms with Crippen LogP contribution in [0.15, 0.2) is 42.5 Å². The lowest BCUT2D eigenvalue weighted by Crippen LogP contribution is -2.49. The minimum Gasteiger partial charge on any atom is -0.354 e. The molecule has 0 aromatic heterocycles. The molecule has 0 aliphatic rings. The highest BCUT2D eigenvalue weighted by molar-refractivity contribution is 7.92. The maximum absolute atomic E-state index is 13.4. The molecule has 0 saturated heterocycles. The highest BCUT2D eigenvalue weighted by Gasteiger charge is 2.28. The van der Waals surface area contributed by atoms with Gasteiger partial charge in [-0.25, -0.2) is 8.42 Å². The van der Waals surface area contributed by atoms with Gasteiger partial charge in [0.1, 0.15) is 6.04 Å². The van der Waals surface area contributed by atoms with Gasteiger partial charge in [0.2, 0.25) is 21.8 Å². The Balaban J connectivity index is 2.21. The molecule has 0 aliphatic heterocycles. The summed E-state index contributed by atoms with van der Waals surface area (Å²) in [6.07, 6.45) is 2.87. The summed E-state index contributed by atoms with van der Waals surface area (Å²) < 4.78 is 26.4. The van der Waals surface area contributed by atoms with Crippen LogP contribution in [0.5, 0.6) is 0 Å². The van der Waals surface area contributed by atoms with Crippen molar-refractivity contribution >= 4 is 39.1 Å². The molecule has 2 amide bonds. The van der Waals surface area contributed by atoms with E-state index in [1.165, 1.54) is 10.6 Å². The molecule has 0 radical (unpaired) electrons. The molecule has 36 heavy (non-hydrogen) atoms. The molecule has 0 unspecified atom stereocenters. The van der Waals surface area contributed by atoms with Crippen LogP contribution in [0.2, 0.25) is 5.02 Å². The van der Waals surface area contributed by atoms with E-state index in [1.54, 1.807) is 23.1 Å². The van der Waals surface area contributed by atoms with E-state index in [-0.39, 0.29) is 31.3 Å². The van der Waals surface area contributed by atoms with Crippen LogP contribution in [0.4, 0.5) is 5.69 Å². The molecule has 1 atom stereocenters. The normalized spacial score (nSPS) is 12.2. The number of halogens is 1. The third-order valence-corrected chi connectivity index (χ3v) is 7.58. The number of hydrogen-bond donors (Lipinski definition) is 1. The lowest BCUT2D eigenvalue weighted by atomic mass is 10.1. The Kier molecular flexibility index (Phi) is 11.2. The van der Waals surface area contributed by atoms with Gasteiger partial charge in [-0.3, -0.25) is 13.9 Å². The van der Waals surface area contributed by atoms with E-state index in [1.807, 2.05) is 52.0 Å². The predicted octanol–water partition coefficient (Wildman–Crippen LogP) is 4.84. The molecule has 0 saturated carbocycles. The summed E-state index contributed by atoms with van der Waals surface area (Å²) in [6.45, 7) is 8.73. The fourth-order valence-electron chi connectivity index (χ4n) is 3.96. The van der Waals surface area contributed by atoms with Crippen LogP contribution in [0.3, 0.4) is 0 Å². The van der Waals surface area contributed by atoms with Crippen molar-refractivity contribution in [2.75, 3.05) is 23.7 Å². The third-order valence-electron chi connectivity index (χ3n) is 6.13. The van der Waals surface area contributed by atoms with E-state index >= 15 is 0 Å². The Labute approximate surface area is 220 Å². The van der Waals surface area contributed by atoms with Crippen LogP contribution in [0.25, 0.3) is 0 Å². The SMILES string of the molecule is CCCNC(=O)[C@H](CC)N(Cc1ccc(Cl)cc1)C(=O)CCCN(c1ccc(C)c(C)c1)S(C)(=O)=O. The van der Waals surface area contributed by atoms with Gasteiger partial charge in [0.25, 0.3) is 0 Å². The summed E-state index contributed by atoms with van der Waals surface area (Å²) in [7, 11) is -3.53. The fraction of sp³-hybridized carbons (Fsp3) is 0.481. The van der Waals surface area contributed by atoms with E-state index in [9.17, 15) is 18.0 Å². The minimum atomic E-state index is -3.53. The Morgan fingerprint density at radius 2 is 1.69 bits per heavy atom. The van der Waals surface area contributed by atoms with E-state index in [2.05, 4.69) is 5.32 Å². The number of rotatable bonds is 13. The molecule has 0 fully saturated rings. The van der Waals surface area contributed by atoms with E-state index in [0.717, 1.165) is 23.1 Å². The molecule has 0 heterocycles. The van der Waals surface area contributed by atoms with Crippen molar-refractivity contribution in [3.63, 3.8) is 0 Å².